The lowest BCUT2D eigenvalue weighted by atomic mass is 10.0. The van der Waals surface area contributed by atoms with Crippen molar-refractivity contribution in [2.45, 2.75) is 25.3 Å². The fourth-order valence-electron chi connectivity index (χ4n) is 3.15. The van der Waals surface area contributed by atoms with Gasteiger partial charge in [0.1, 0.15) is 5.75 Å². The molecule has 0 aromatic heterocycles. The van der Waals surface area contributed by atoms with Gasteiger partial charge in [0.15, 0.2) is 6.61 Å². The van der Waals surface area contributed by atoms with Crippen LogP contribution in [0, 0.1) is 0 Å². The summed E-state index contributed by atoms with van der Waals surface area (Å²) in [6.07, 6.45) is 2.84. The highest BCUT2D eigenvalue weighted by Crippen LogP contribution is 2.22. The van der Waals surface area contributed by atoms with Crippen LogP contribution >= 0.6 is 0 Å². The molecule has 0 heterocycles. The molecule has 0 atom stereocenters. The first kappa shape index (κ1) is 19.7. The molecule has 0 aliphatic heterocycles. The molecule has 4 rings (SSSR count). The first-order valence-electron chi connectivity index (χ1n) is 10.1. The number of hydrogen-bond donors (Lipinski definition) is 2. The third-order valence-electron chi connectivity index (χ3n) is 4.91. The summed E-state index contributed by atoms with van der Waals surface area (Å²) in [5.74, 6) is 0.372. The molecule has 5 nitrogen and oxygen atoms in total. The number of amides is 2. The van der Waals surface area contributed by atoms with Gasteiger partial charge in [0.25, 0.3) is 11.8 Å². The molecule has 1 aliphatic carbocycles. The number of carbonyl (C=O) groups is 2. The lowest BCUT2D eigenvalue weighted by Gasteiger charge is -2.12. The molecule has 0 spiro atoms. The summed E-state index contributed by atoms with van der Waals surface area (Å²) >= 11 is 0. The van der Waals surface area contributed by atoms with Crippen molar-refractivity contribution >= 4 is 17.5 Å². The van der Waals surface area contributed by atoms with Gasteiger partial charge >= 0.3 is 0 Å². The highest BCUT2D eigenvalue weighted by molar-refractivity contribution is 5.96. The topological polar surface area (TPSA) is 67.4 Å². The molecule has 3 aromatic carbocycles. The minimum atomic E-state index is -0.250. The number of carbonyl (C=O) groups excluding carboxylic acids is 2. The lowest BCUT2D eigenvalue weighted by Crippen LogP contribution is -2.25. The van der Waals surface area contributed by atoms with Crippen molar-refractivity contribution in [3.8, 4) is 5.75 Å². The second kappa shape index (κ2) is 9.27. The summed E-state index contributed by atoms with van der Waals surface area (Å²) in [5, 5.41) is 5.75. The molecule has 1 fully saturated rings. The molecule has 3 aromatic rings. The summed E-state index contributed by atoms with van der Waals surface area (Å²) in [5.41, 5.74) is 3.43. The van der Waals surface area contributed by atoms with E-state index in [0.29, 0.717) is 23.0 Å². The Morgan fingerprint density at radius 1 is 0.867 bits per heavy atom. The zero-order valence-corrected chi connectivity index (χ0v) is 16.6. The van der Waals surface area contributed by atoms with Crippen molar-refractivity contribution in [3.63, 3.8) is 0 Å². The van der Waals surface area contributed by atoms with Crippen LogP contribution in [0.3, 0.4) is 0 Å². The molecule has 0 saturated heterocycles. The fourth-order valence-corrected chi connectivity index (χ4v) is 3.15. The van der Waals surface area contributed by atoms with Crippen LogP contribution in [0.5, 0.6) is 5.75 Å². The third-order valence-corrected chi connectivity index (χ3v) is 4.91. The molecular weight excluding hydrogens is 376 g/mol. The summed E-state index contributed by atoms with van der Waals surface area (Å²) in [6, 6.07) is 25.1. The molecule has 1 aliphatic rings. The number of rotatable bonds is 8. The molecule has 0 bridgehead atoms. The Bertz CT molecular complexity index is 1010. The molecule has 152 valence electrons. The van der Waals surface area contributed by atoms with Crippen LogP contribution in [0.25, 0.3) is 0 Å². The lowest BCUT2D eigenvalue weighted by molar-refractivity contribution is -0.118. The van der Waals surface area contributed by atoms with Crippen LogP contribution in [0.15, 0.2) is 78.9 Å². The van der Waals surface area contributed by atoms with Crippen molar-refractivity contribution in [1.82, 2.24) is 5.32 Å². The maximum Gasteiger partial charge on any atom is 0.262 e. The van der Waals surface area contributed by atoms with Crippen LogP contribution < -0.4 is 15.4 Å². The Morgan fingerprint density at radius 3 is 2.30 bits per heavy atom. The molecule has 5 heteroatoms. The zero-order chi connectivity index (χ0) is 20.8. The van der Waals surface area contributed by atoms with Gasteiger partial charge in [-0.15, -0.1) is 0 Å². The van der Waals surface area contributed by atoms with Crippen molar-refractivity contribution in [1.29, 1.82) is 0 Å². The van der Waals surface area contributed by atoms with Gasteiger partial charge in [-0.05, 0) is 54.3 Å². The number of hydrogen-bond acceptors (Lipinski definition) is 3. The first-order chi connectivity index (χ1) is 14.7. The van der Waals surface area contributed by atoms with Crippen LogP contribution in [0.1, 0.15) is 34.3 Å². The van der Waals surface area contributed by atoms with E-state index in [9.17, 15) is 9.59 Å². The molecule has 1 saturated carbocycles. The second-order valence-corrected chi connectivity index (χ2v) is 7.43. The van der Waals surface area contributed by atoms with Crippen LogP contribution in [0.2, 0.25) is 0 Å². The van der Waals surface area contributed by atoms with E-state index in [2.05, 4.69) is 22.8 Å². The van der Waals surface area contributed by atoms with Gasteiger partial charge in [-0.2, -0.15) is 0 Å². The van der Waals surface area contributed by atoms with E-state index >= 15 is 0 Å². The van der Waals surface area contributed by atoms with Gasteiger partial charge in [-0.25, -0.2) is 0 Å². The molecule has 0 unspecified atom stereocenters. The largest absolute Gasteiger partial charge is 0.483 e. The highest BCUT2D eigenvalue weighted by atomic mass is 16.5. The predicted molar refractivity (Wildman–Crippen MR) is 117 cm³/mol. The number of nitrogens with one attached hydrogen (secondary N) is 2. The van der Waals surface area contributed by atoms with Crippen molar-refractivity contribution in [2.75, 3.05) is 11.9 Å². The Labute approximate surface area is 176 Å². The molecule has 0 radical (unpaired) electrons. The summed E-state index contributed by atoms with van der Waals surface area (Å²) in [4.78, 5) is 24.3. The van der Waals surface area contributed by atoms with Gasteiger partial charge in [0.05, 0.1) is 0 Å². The number of anilines is 1. The summed E-state index contributed by atoms with van der Waals surface area (Å²) in [7, 11) is 0. The van der Waals surface area contributed by atoms with E-state index < -0.39 is 0 Å². The fraction of sp³-hybridized carbons (Fsp3) is 0.200. The van der Waals surface area contributed by atoms with Crippen molar-refractivity contribution in [2.24, 2.45) is 0 Å². The van der Waals surface area contributed by atoms with E-state index in [-0.39, 0.29) is 18.4 Å². The average Bonchev–Trinajstić information content (AvgIpc) is 3.58. The Kier molecular flexibility index (Phi) is 6.09. The van der Waals surface area contributed by atoms with Crippen molar-refractivity contribution < 1.29 is 14.3 Å². The second-order valence-electron chi connectivity index (χ2n) is 7.43. The van der Waals surface area contributed by atoms with Crippen LogP contribution in [-0.2, 0) is 11.2 Å². The zero-order valence-electron chi connectivity index (χ0n) is 16.6. The minimum absolute atomic E-state index is 0.0752. The summed E-state index contributed by atoms with van der Waals surface area (Å²) < 4.78 is 5.78. The van der Waals surface area contributed by atoms with Gasteiger partial charge in [-0.3, -0.25) is 9.59 Å². The van der Waals surface area contributed by atoms with Gasteiger partial charge in [-0.1, -0.05) is 48.5 Å². The Balaban J connectivity index is 1.31. The van der Waals surface area contributed by atoms with Gasteiger partial charge in [0, 0.05) is 23.7 Å². The molecule has 30 heavy (non-hydrogen) atoms. The molecular formula is C25H24N2O3. The predicted octanol–water partition coefficient (Wildman–Crippen LogP) is 4.19. The van der Waals surface area contributed by atoms with E-state index in [1.165, 1.54) is 5.56 Å². The Morgan fingerprint density at radius 2 is 1.57 bits per heavy atom. The van der Waals surface area contributed by atoms with E-state index in [1.807, 2.05) is 42.5 Å². The standard InChI is InChI=1S/C25H24N2O3/c28-24(26-21-12-10-19(11-13-21)25(29)27-22-14-15-22)17-30-23-9-5-4-8-20(23)16-18-6-2-1-3-7-18/h1-13,22H,14-17H2,(H,26,28)(H,27,29). The third kappa shape index (κ3) is 5.47. The summed E-state index contributed by atoms with van der Waals surface area (Å²) in [6.45, 7) is -0.0876. The number of benzene rings is 3. The first-order valence-corrected chi connectivity index (χ1v) is 10.1. The van der Waals surface area contributed by atoms with Gasteiger partial charge in [0.2, 0.25) is 0 Å². The SMILES string of the molecule is O=C(COc1ccccc1Cc1ccccc1)Nc1ccc(C(=O)NC2CC2)cc1. The average molecular weight is 400 g/mol. The normalized spacial score (nSPS) is 12.8. The van der Waals surface area contributed by atoms with E-state index in [4.69, 9.17) is 4.74 Å². The maximum absolute atomic E-state index is 12.3. The van der Waals surface area contributed by atoms with Gasteiger partial charge < -0.3 is 15.4 Å². The quantitative estimate of drug-likeness (QED) is 0.596. The minimum Gasteiger partial charge on any atom is -0.483 e. The highest BCUT2D eigenvalue weighted by Gasteiger charge is 2.23. The monoisotopic (exact) mass is 400 g/mol. The number of ether oxygens (including phenoxy) is 1. The number of para-hydroxylation sites is 1. The Hall–Kier alpha value is -3.60. The van der Waals surface area contributed by atoms with E-state index in [0.717, 1.165) is 24.8 Å². The molecule has 2 N–H and O–H groups in total. The van der Waals surface area contributed by atoms with E-state index in [1.54, 1.807) is 24.3 Å². The van der Waals surface area contributed by atoms with Crippen LogP contribution in [0.4, 0.5) is 5.69 Å². The van der Waals surface area contributed by atoms with Crippen molar-refractivity contribution in [3.05, 3.63) is 95.6 Å². The maximum atomic E-state index is 12.3. The van der Waals surface area contributed by atoms with Crippen LogP contribution in [-0.4, -0.2) is 24.5 Å². The smallest absolute Gasteiger partial charge is 0.262 e. The molecule has 2 amide bonds.